The van der Waals surface area contributed by atoms with Gasteiger partial charge in [0.1, 0.15) is 9.54 Å². The summed E-state index contributed by atoms with van der Waals surface area (Å²) < 4.78 is 6.00. The van der Waals surface area contributed by atoms with Crippen LogP contribution in [0.15, 0.2) is 9.85 Å². The number of thiophene rings is 1. The first kappa shape index (κ1) is 13.4. The molecular formula is C13H14BrNO2S. The minimum absolute atomic E-state index is 0.00569. The summed E-state index contributed by atoms with van der Waals surface area (Å²) in [6, 6.07) is 1.76. The predicted molar refractivity (Wildman–Crippen MR) is 76.0 cm³/mol. The zero-order valence-corrected chi connectivity index (χ0v) is 12.5. The highest BCUT2D eigenvalue weighted by Gasteiger charge is 2.28. The summed E-state index contributed by atoms with van der Waals surface area (Å²) in [5.41, 5.74) is 0. The van der Waals surface area contributed by atoms with E-state index in [2.05, 4.69) is 21.9 Å². The van der Waals surface area contributed by atoms with E-state index in [1.165, 1.54) is 24.2 Å². The maximum atomic E-state index is 12.3. The van der Waals surface area contributed by atoms with Crippen LogP contribution in [0.3, 0.4) is 0 Å². The number of methoxy groups -OCH3 is 1. The third-order valence-electron chi connectivity index (χ3n) is 2.83. The fourth-order valence-electron chi connectivity index (χ4n) is 1.69. The first-order chi connectivity index (χ1) is 8.65. The quantitative estimate of drug-likeness (QED) is 0.778. The fraction of sp³-hybridized carbons (Fsp3) is 0.462. The first-order valence-corrected chi connectivity index (χ1v) is 7.32. The highest BCUT2D eigenvalue weighted by Crippen LogP contribution is 2.36. The lowest BCUT2D eigenvalue weighted by Gasteiger charge is -2.18. The van der Waals surface area contributed by atoms with Crippen molar-refractivity contribution in [3.05, 3.63) is 14.7 Å². The van der Waals surface area contributed by atoms with E-state index in [4.69, 9.17) is 11.2 Å². The average Bonchev–Trinajstić information content (AvgIpc) is 3.09. The number of amides is 1. The summed E-state index contributed by atoms with van der Waals surface area (Å²) in [6.07, 6.45) is 7.73. The molecule has 1 amide bonds. The van der Waals surface area contributed by atoms with Crippen molar-refractivity contribution in [3.63, 3.8) is 0 Å². The Hall–Kier alpha value is -0.990. The molecule has 3 nitrogen and oxygen atoms in total. The summed E-state index contributed by atoms with van der Waals surface area (Å²) in [6.45, 7) is 1.13. The molecule has 5 heteroatoms. The molecule has 0 aliphatic heterocycles. The van der Waals surface area contributed by atoms with Crippen molar-refractivity contribution < 1.29 is 9.53 Å². The smallest absolute Gasteiger partial charge is 0.264 e. The molecule has 0 bridgehead atoms. The standard InChI is InChI=1S/C13H14BrNO2S/c1-3-6-15(8-9-4-5-9)13(16)11-7-10(17-2)12(14)18-11/h1,7,9H,4-6,8H2,2H3. The molecule has 1 aliphatic rings. The molecule has 0 radical (unpaired) electrons. The van der Waals surface area contributed by atoms with E-state index in [0.29, 0.717) is 23.1 Å². The van der Waals surface area contributed by atoms with Gasteiger partial charge in [-0.25, -0.2) is 0 Å². The predicted octanol–water partition coefficient (Wildman–Crippen LogP) is 3.00. The molecule has 1 aromatic rings. The van der Waals surface area contributed by atoms with Crippen molar-refractivity contribution in [3.8, 4) is 18.1 Å². The fourth-order valence-corrected chi connectivity index (χ4v) is 3.31. The van der Waals surface area contributed by atoms with Gasteiger partial charge in [-0.3, -0.25) is 4.79 Å². The van der Waals surface area contributed by atoms with Crippen LogP contribution in [0.1, 0.15) is 22.5 Å². The van der Waals surface area contributed by atoms with Crippen LogP contribution < -0.4 is 4.74 Å². The van der Waals surface area contributed by atoms with E-state index in [9.17, 15) is 4.79 Å². The lowest BCUT2D eigenvalue weighted by atomic mass is 10.3. The first-order valence-electron chi connectivity index (χ1n) is 5.71. The maximum absolute atomic E-state index is 12.3. The highest BCUT2D eigenvalue weighted by molar-refractivity contribution is 9.11. The Morgan fingerprint density at radius 3 is 2.94 bits per heavy atom. The second-order valence-electron chi connectivity index (χ2n) is 4.29. The van der Waals surface area contributed by atoms with Crippen LogP contribution >= 0.6 is 27.3 Å². The van der Waals surface area contributed by atoms with Gasteiger partial charge in [-0.05, 0) is 34.7 Å². The number of rotatable bonds is 5. The number of carbonyl (C=O) groups excluding carboxylic acids is 1. The highest BCUT2D eigenvalue weighted by atomic mass is 79.9. The van der Waals surface area contributed by atoms with Crippen LogP contribution in [-0.4, -0.2) is 31.0 Å². The van der Waals surface area contributed by atoms with Crippen molar-refractivity contribution in [2.75, 3.05) is 20.2 Å². The van der Waals surface area contributed by atoms with E-state index >= 15 is 0 Å². The van der Waals surface area contributed by atoms with Crippen LogP contribution in [0.25, 0.3) is 0 Å². The number of ether oxygens (including phenoxy) is 1. The summed E-state index contributed by atoms with van der Waals surface area (Å²) in [7, 11) is 1.59. The molecule has 0 N–H and O–H groups in total. The van der Waals surface area contributed by atoms with Gasteiger partial charge >= 0.3 is 0 Å². The number of hydrogen-bond acceptors (Lipinski definition) is 3. The van der Waals surface area contributed by atoms with Gasteiger partial charge in [0.2, 0.25) is 0 Å². The number of hydrogen-bond donors (Lipinski definition) is 0. The van der Waals surface area contributed by atoms with E-state index in [0.717, 1.165) is 10.3 Å². The van der Waals surface area contributed by atoms with Crippen molar-refractivity contribution in [1.82, 2.24) is 4.90 Å². The Morgan fingerprint density at radius 2 is 2.44 bits per heavy atom. The summed E-state index contributed by atoms with van der Waals surface area (Å²) in [4.78, 5) is 14.8. The van der Waals surface area contributed by atoms with Gasteiger partial charge in [0.05, 0.1) is 18.5 Å². The molecule has 1 saturated carbocycles. The Bertz CT molecular complexity index is 488. The summed E-state index contributed by atoms with van der Waals surface area (Å²) in [5, 5.41) is 0. The SMILES string of the molecule is C#CCN(CC1CC1)C(=O)c1cc(OC)c(Br)s1. The molecule has 0 saturated heterocycles. The van der Waals surface area contributed by atoms with Crippen molar-refractivity contribution in [1.29, 1.82) is 0 Å². The monoisotopic (exact) mass is 327 g/mol. The number of halogens is 1. The molecule has 2 rings (SSSR count). The lowest BCUT2D eigenvalue weighted by molar-refractivity contribution is 0.0774. The molecule has 18 heavy (non-hydrogen) atoms. The van der Waals surface area contributed by atoms with Gasteiger partial charge in [0, 0.05) is 12.6 Å². The molecule has 1 fully saturated rings. The van der Waals surface area contributed by atoms with Crippen LogP contribution in [0.5, 0.6) is 5.75 Å². The third-order valence-corrected chi connectivity index (χ3v) is 4.60. The molecule has 0 unspecified atom stereocenters. The van der Waals surface area contributed by atoms with Crippen LogP contribution in [0.2, 0.25) is 0 Å². The molecule has 0 spiro atoms. The van der Waals surface area contributed by atoms with E-state index in [1.54, 1.807) is 18.1 Å². The maximum Gasteiger partial charge on any atom is 0.264 e. The van der Waals surface area contributed by atoms with Crippen LogP contribution in [0.4, 0.5) is 0 Å². The molecule has 0 atom stereocenters. The minimum atomic E-state index is -0.00569. The zero-order valence-electron chi connectivity index (χ0n) is 10.1. The molecule has 1 aromatic heterocycles. The Labute approximate surface area is 119 Å². The Morgan fingerprint density at radius 1 is 1.72 bits per heavy atom. The van der Waals surface area contributed by atoms with Gasteiger partial charge < -0.3 is 9.64 Å². The lowest BCUT2D eigenvalue weighted by Crippen LogP contribution is -2.32. The van der Waals surface area contributed by atoms with Crippen LogP contribution in [-0.2, 0) is 0 Å². The normalized spacial score (nSPS) is 14.1. The van der Waals surface area contributed by atoms with Crippen LogP contribution in [0, 0.1) is 18.3 Å². The van der Waals surface area contributed by atoms with Gasteiger partial charge in [-0.1, -0.05) is 5.92 Å². The molecular weight excluding hydrogens is 314 g/mol. The molecule has 0 aromatic carbocycles. The Kier molecular flexibility index (Phi) is 4.31. The molecule has 1 aliphatic carbocycles. The van der Waals surface area contributed by atoms with Gasteiger partial charge in [0.25, 0.3) is 5.91 Å². The topological polar surface area (TPSA) is 29.5 Å². The third kappa shape index (κ3) is 3.06. The van der Waals surface area contributed by atoms with E-state index < -0.39 is 0 Å². The van der Waals surface area contributed by atoms with E-state index in [1.807, 2.05) is 0 Å². The average molecular weight is 328 g/mol. The molecule has 96 valence electrons. The van der Waals surface area contributed by atoms with Crippen molar-refractivity contribution in [2.45, 2.75) is 12.8 Å². The summed E-state index contributed by atoms with van der Waals surface area (Å²) in [5.74, 6) is 3.87. The number of nitrogens with zero attached hydrogens (tertiary/aromatic N) is 1. The van der Waals surface area contributed by atoms with Crippen molar-refractivity contribution in [2.24, 2.45) is 5.92 Å². The second kappa shape index (κ2) is 5.77. The van der Waals surface area contributed by atoms with Gasteiger partial charge in [-0.2, -0.15) is 0 Å². The number of terminal acetylenes is 1. The minimum Gasteiger partial charge on any atom is -0.495 e. The largest absolute Gasteiger partial charge is 0.495 e. The second-order valence-corrected chi connectivity index (χ2v) is 6.66. The molecule has 1 heterocycles. The van der Waals surface area contributed by atoms with E-state index in [-0.39, 0.29) is 5.91 Å². The van der Waals surface area contributed by atoms with Gasteiger partial charge in [-0.15, -0.1) is 17.8 Å². The zero-order chi connectivity index (χ0) is 13.1. The van der Waals surface area contributed by atoms with Crippen molar-refractivity contribution >= 4 is 33.2 Å². The summed E-state index contributed by atoms with van der Waals surface area (Å²) >= 11 is 4.76. The number of carbonyl (C=O) groups is 1. The van der Waals surface area contributed by atoms with Gasteiger partial charge in [0.15, 0.2) is 0 Å². The Balaban J connectivity index is 2.12.